The van der Waals surface area contributed by atoms with Crippen LogP contribution in [0, 0.1) is 15.5 Å². The van der Waals surface area contributed by atoms with Gasteiger partial charge in [0.15, 0.2) is 0 Å². The molecule has 7 aromatic heterocycles. The molecule has 4 aliphatic carbocycles. The number of amides is 3. The van der Waals surface area contributed by atoms with Crippen LogP contribution >= 0.6 is 69.7 Å². The molecule has 11 aromatic rings. The van der Waals surface area contributed by atoms with Gasteiger partial charge in [-0.25, -0.2) is 24.4 Å². The smallest absolute Gasteiger partial charge is 0.410 e. The normalized spacial score (nSPS) is 16.3. The quantitative estimate of drug-likeness (QED) is 0.00555. The maximum atomic E-state index is 12.6. The number of aromatic nitrogens is 4. The van der Waals surface area contributed by atoms with E-state index in [1.54, 1.807) is 58.0 Å². The van der Waals surface area contributed by atoms with Crippen molar-refractivity contribution in [2.75, 3.05) is 44.8 Å². The second-order valence-corrected chi connectivity index (χ2v) is 37.5. The fourth-order valence-corrected chi connectivity index (χ4v) is 18.2. The number of carbonyl (C=O) groups excluding carboxylic acids is 3. The van der Waals surface area contributed by atoms with Gasteiger partial charge < -0.3 is 81.9 Å². The maximum Gasteiger partial charge on any atom is 0.410 e. The minimum atomic E-state index is -0.515. The van der Waals surface area contributed by atoms with Crippen LogP contribution in [0.15, 0.2) is 184 Å². The number of anilines is 1. The number of rotatable bonds is 18. The van der Waals surface area contributed by atoms with E-state index < -0.39 is 16.8 Å². The molecule has 0 spiro atoms. The monoisotopic (exact) mass is 1950 g/mol. The van der Waals surface area contributed by atoms with Crippen molar-refractivity contribution in [1.29, 1.82) is 5.41 Å². The van der Waals surface area contributed by atoms with Crippen molar-refractivity contribution >= 4 is 193 Å². The Morgan fingerprint density at radius 2 is 0.853 bits per heavy atom. The number of hydrogen-bond donors (Lipinski definition) is 12. The Morgan fingerprint density at radius 3 is 1.15 bits per heavy atom. The first-order valence-electron chi connectivity index (χ1n) is 43.4. The molecule has 0 bridgehead atoms. The van der Waals surface area contributed by atoms with Crippen molar-refractivity contribution in [3.63, 3.8) is 0 Å². The highest BCUT2D eigenvalue weighted by atomic mass is 127. The number of aliphatic hydroxyl groups is 1. The average molecular weight is 1950 g/mol. The summed E-state index contributed by atoms with van der Waals surface area (Å²) in [4.78, 5) is 79.4. The first-order valence-corrected chi connectivity index (χ1v) is 47.3. The van der Waals surface area contributed by atoms with Gasteiger partial charge in [-0.2, -0.15) is 0 Å². The summed E-state index contributed by atoms with van der Waals surface area (Å²) in [5, 5.41) is 40.6. The van der Waals surface area contributed by atoms with Crippen molar-refractivity contribution in [1.82, 2.24) is 40.0 Å². The largest absolute Gasteiger partial charge is 0.444 e. The number of carbonyl (C=O) groups is 3. The van der Waals surface area contributed by atoms with Crippen molar-refractivity contribution < 1.29 is 44.1 Å². The van der Waals surface area contributed by atoms with Gasteiger partial charge in [-0.15, -0.1) is 69.7 Å². The molecule has 129 heavy (non-hydrogen) atoms. The molecule has 0 fully saturated rings. The van der Waals surface area contributed by atoms with Crippen LogP contribution in [-0.2, 0) is 14.2 Å². The number of nitrogens with zero attached hydrogens (tertiary/aromatic N) is 6. The molecule has 0 radical (unpaired) electrons. The molecule has 4 aromatic carbocycles. The van der Waals surface area contributed by atoms with Gasteiger partial charge >= 0.3 is 18.3 Å². The lowest BCUT2D eigenvalue weighted by atomic mass is 9.90. The van der Waals surface area contributed by atoms with Gasteiger partial charge in [0, 0.05) is 159 Å². The van der Waals surface area contributed by atoms with Crippen molar-refractivity contribution in [2.45, 2.75) is 215 Å². The highest BCUT2D eigenvalue weighted by Gasteiger charge is 2.33. The van der Waals surface area contributed by atoms with Crippen LogP contribution in [0.4, 0.5) is 37.1 Å². The molecule has 7 heterocycles. The second kappa shape index (κ2) is 50.1. The van der Waals surface area contributed by atoms with Crippen molar-refractivity contribution in [3.05, 3.63) is 221 Å². The predicted octanol–water partition coefficient (Wildman–Crippen LogP) is 22.5. The number of aliphatic hydroxyl groups excluding tert-OH is 1. The summed E-state index contributed by atoms with van der Waals surface area (Å²) >= 11 is 6.28. The lowest BCUT2D eigenvalue weighted by Crippen LogP contribution is -2.43. The third-order valence-corrected chi connectivity index (χ3v) is 25.0. The van der Waals surface area contributed by atoms with Gasteiger partial charge in [0.05, 0.1) is 30.9 Å². The van der Waals surface area contributed by atoms with E-state index in [2.05, 4.69) is 115 Å². The number of thioether (sulfide) groups is 1. The number of nitrogen functional groups attached to an aromatic ring is 1. The number of fused-ring (bicyclic) bond motifs is 4. The highest BCUT2D eigenvalue weighted by Crippen LogP contribution is 2.41. The van der Waals surface area contributed by atoms with E-state index in [0.29, 0.717) is 42.4 Å². The van der Waals surface area contributed by atoms with Gasteiger partial charge in [0.25, 0.3) is 5.69 Å². The van der Waals surface area contributed by atoms with E-state index in [-0.39, 0.29) is 83.1 Å². The number of non-ortho nitro benzene ring substituents is 1. The molecule has 19 N–H and O–H groups in total. The SMILES string of the molecule is CCN(C(=O)OC(C)(C)C)C1CC=C(c2c[nH]c3ccc(N)cc23)CC1.CCN(C(=O)OC(C)(C)C)C1CC=C(c2c[nH]c3ccc(N=C(N)c4cccs4)cc23)CC1.CCN(C(=O)OC(C)(C)C)C1CC=C(c2c[nH]c3ccc([N+](=O)[O-])cc23)CC1.CCNC1CC=C(c2c[nH]c3ccc(N=C(N)c4cccs4)cc23)CC1.CCO.CSC(=N)c1cccs1.I.NN.O. The first-order chi connectivity index (χ1) is 60.7. The molecule has 4 aliphatic rings. The van der Waals surface area contributed by atoms with Gasteiger partial charge in [-0.05, 0) is 297 Å². The molecule has 32 heteroatoms. The Labute approximate surface area is 791 Å². The Hall–Kier alpha value is -10.4. The summed E-state index contributed by atoms with van der Waals surface area (Å²) in [5.74, 6) is 9.10. The number of H-pyrrole nitrogens is 4. The molecule has 15 rings (SSSR count). The number of benzene rings is 4. The Balaban J connectivity index is 0.000000223. The number of thiophene rings is 3. The lowest BCUT2D eigenvalue weighted by Gasteiger charge is -2.34. The van der Waals surface area contributed by atoms with Gasteiger partial charge in [0.1, 0.15) is 33.5 Å². The van der Waals surface area contributed by atoms with Crippen LogP contribution in [0.1, 0.15) is 211 Å². The minimum absolute atomic E-state index is 0. The van der Waals surface area contributed by atoms with E-state index in [4.69, 9.17) is 41.9 Å². The third-order valence-electron chi connectivity index (χ3n) is 21.6. The minimum Gasteiger partial charge on any atom is -0.444 e. The van der Waals surface area contributed by atoms with E-state index in [1.165, 1.54) is 63.0 Å². The number of nitrogens with one attached hydrogen (secondary N) is 6. The molecular formula is C97H132IN17O10S4. The number of allylic oxidation sites excluding steroid dienone is 4. The lowest BCUT2D eigenvalue weighted by molar-refractivity contribution is -0.384. The number of nitro groups is 1. The molecule has 3 amide bonds. The van der Waals surface area contributed by atoms with Gasteiger partial charge in [-0.1, -0.05) is 49.4 Å². The van der Waals surface area contributed by atoms with Crippen LogP contribution in [0.5, 0.6) is 0 Å². The number of aromatic amines is 4. The second-order valence-electron chi connectivity index (χ2n) is 33.9. The van der Waals surface area contributed by atoms with Crippen LogP contribution < -0.4 is 34.2 Å². The topological polar surface area (TPSA) is 437 Å². The maximum absolute atomic E-state index is 12.6. The van der Waals surface area contributed by atoms with E-state index in [1.807, 2.05) is 194 Å². The van der Waals surface area contributed by atoms with E-state index in [0.717, 1.165) is 158 Å². The molecule has 696 valence electrons. The Morgan fingerprint density at radius 1 is 0.527 bits per heavy atom. The number of nitro benzene ring substituents is 1. The standard InChI is InChI=1S/C26H32N4O2S.C21H24N4S.C21H27N3O4.C21H29N3O2.C6H7NS2.C2H6O.HI.H4N2.H2O/c1-5-30(25(31)32-26(2,3)4)19-11-8-17(9-12-19)21-16-28-22-13-10-18(15-20(21)22)29-24(27)23-7-6-14-33-23;1-2-23-15-7-5-14(6-8-15)18-13-24-19-10-9-16(12-17(18)19)25-21(22)20-4-3-11-26-20;1-5-23(20(25)28-21(2,3)4)15-8-6-14(7-9-15)18-13-22-19-11-10-16(24(26)27)12-17(18)19;1-5-24(20(25)26-21(2,3)4)16-9-6-14(7-10-16)18-13-23-19-11-8-15(22)12-17(18)19;1-8-6(7)5-3-2-4-9-5;1-2-3;;1-2;/h6-8,10,13-16,19,28H,5,9,11-12H2,1-4H3,(H2,27,29);3-5,9-13,15,23-24H,2,6-8H2,1H3,(H2,22,25);6,10-13,15,22H,5,7-9H2,1-4H3;6,8,11-13,16,23H,5,7,9-10,22H2,1-4H3;2-4,7H,1H3;3H,2H2,1H3;1H;1-2H2;1H2. The molecule has 0 saturated heterocycles. The van der Waals surface area contributed by atoms with E-state index >= 15 is 0 Å². The predicted molar refractivity (Wildman–Crippen MR) is 550 cm³/mol. The molecule has 0 saturated carbocycles. The van der Waals surface area contributed by atoms with Gasteiger partial charge in [0.2, 0.25) is 0 Å². The number of ether oxygens (including phenoxy) is 3. The summed E-state index contributed by atoms with van der Waals surface area (Å²) in [7, 11) is 0. The average Bonchev–Trinajstić information content (AvgIpc) is 1.67. The Kier molecular flexibility index (Phi) is 41.1. The fourth-order valence-electron chi connectivity index (χ4n) is 15.7. The van der Waals surface area contributed by atoms with E-state index in [9.17, 15) is 24.5 Å². The number of nitrogens with two attached hydrogens (primary N) is 5. The molecule has 4 unspecified atom stereocenters. The first kappa shape index (κ1) is 106. The zero-order chi connectivity index (χ0) is 92.3. The number of hydrogen-bond acceptors (Lipinski definition) is 20. The van der Waals surface area contributed by atoms with Crippen LogP contribution in [0.25, 0.3) is 65.9 Å². The molecule has 0 aliphatic heterocycles. The summed E-state index contributed by atoms with van der Waals surface area (Å²) in [6.07, 6.45) is 29.5. The van der Waals surface area contributed by atoms with Crippen molar-refractivity contribution in [2.24, 2.45) is 33.1 Å². The van der Waals surface area contributed by atoms with Crippen LogP contribution in [0.3, 0.4) is 0 Å². The molecular weight excluding hydrogens is 1820 g/mol. The van der Waals surface area contributed by atoms with Crippen LogP contribution in [0.2, 0.25) is 0 Å². The summed E-state index contributed by atoms with van der Waals surface area (Å²) in [5.41, 5.74) is 33.5. The third kappa shape index (κ3) is 30.1. The van der Waals surface area contributed by atoms with Crippen LogP contribution in [-0.4, -0.2) is 165 Å². The zero-order valence-electron chi connectivity index (χ0n) is 76.9. The summed E-state index contributed by atoms with van der Waals surface area (Å²) < 4.78 is 16.7. The Bertz CT molecular complexity index is 5650. The summed E-state index contributed by atoms with van der Waals surface area (Å²) in [6, 6.07) is 36.1. The number of aliphatic imine (C=N–C) groups is 2. The highest BCUT2D eigenvalue weighted by molar-refractivity contribution is 14.0. The number of halogens is 1. The molecule has 4 atom stereocenters. The number of hydrazine groups is 1. The summed E-state index contributed by atoms with van der Waals surface area (Å²) in [6.45, 7) is 30.0. The number of amidine groups is 2. The fraction of sp³-hybridized carbons (Fsp3) is 0.402. The van der Waals surface area contributed by atoms with Gasteiger partial charge in [-0.3, -0.25) is 27.2 Å². The molecule has 27 nitrogen and oxygen atoms in total. The zero-order valence-corrected chi connectivity index (χ0v) is 82.5. The van der Waals surface area contributed by atoms with Crippen molar-refractivity contribution in [3.8, 4) is 0 Å².